The molecule has 5 aromatic rings. The zero-order valence-electron chi connectivity index (χ0n) is 26.7. The highest BCUT2D eigenvalue weighted by molar-refractivity contribution is 8.00. The monoisotopic (exact) mass is 697 g/mol. The summed E-state index contributed by atoms with van der Waals surface area (Å²) < 4.78 is 31.5. The molecule has 9 nitrogen and oxygen atoms in total. The Morgan fingerprint density at radius 3 is 2.31 bits per heavy atom. The second-order valence-electron chi connectivity index (χ2n) is 10.8. The molecule has 1 fully saturated rings. The minimum absolute atomic E-state index is 0.106. The molecule has 1 atom stereocenters. The first-order valence-electron chi connectivity index (χ1n) is 15.5. The van der Waals surface area contributed by atoms with E-state index in [4.69, 9.17) is 14.2 Å². The van der Waals surface area contributed by atoms with E-state index in [1.807, 2.05) is 44.2 Å². The first-order chi connectivity index (χ1) is 23.9. The van der Waals surface area contributed by atoms with Crippen molar-refractivity contribution in [3.63, 3.8) is 0 Å². The average Bonchev–Trinajstić information content (AvgIpc) is 3.69. The number of amides is 1. The van der Waals surface area contributed by atoms with Gasteiger partial charge in [-0.1, -0.05) is 71.6 Å². The third-order valence-electron chi connectivity index (χ3n) is 7.58. The number of aliphatic hydroxyl groups is 1. The molecule has 1 aliphatic heterocycles. The van der Waals surface area contributed by atoms with E-state index in [2.05, 4.69) is 10.2 Å². The number of halogens is 1. The van der Waals surface area contributed by atoms with Crippen LogP contribution in [0.15, 0.2) is 107 Å². The van der Waals surface area contributed by atoms with E-state index in [0.29, 0.717) is 58.3 Å². The molecule has 2 heterocycles. The van der Waals surface area contributed by atoms with Gasteiger partial charge in [-0.2, -0.15) is 0 Å². The van der Waals surface area contributed by atoms with Crippen LogP contribution in [0.2, 0.25) is 0 Å². The van der Waals surface area contributed by atoms with Gasteiger partial charge < -0.3 is 19.3 Å². The first kappa shape index (κ1) is 33.7. The van der Waals surface area contributed by atoms with Crippen LogP contribution in [0.5, 0.6) is 17.2 Å². The highest BCUT2D eigenvalue weighted by Crippen LogP contribution is 2.46. The number of aromatic nitrogens is 2. The third-order valence-corrected chi connectivity index (χ3v) is 9.71. The predicted molar refractivity (Wildman–Crippen MR) is 187 cm³/mol. The lowest BCUT2D eigenvalue weighted by atomic mass is 9.95. The number of hydrogen-bond acceptors (Lipinski definition) is 10. The van der Waals surface area contributed by atoms with Crippen LogP contribution >= 0.6 is 23.1 Å². The van der Waals surface area contributed by atoms with Crippen molar-refractivity contribution in [2.45, 2.75) is 36.6 Å². The number of anilines is 1. The number of aliphatic hydroxyl groups excluding tert-OH is 1. The smallest absolute Gasteiger partial charge is 0.301 e. The molecule has 4 aromatic carbocycles. The Morgan fingerprint density at radius 2 is 1.59 bits per heavy atom. The van der Waals surface area contributed by atoms with Gasteiger partial charge in [-0.25, -0.2) is 4.39 Å². The number of rotatable bonds is 13. The van der Waals surface area contributed by atoms with Gasteiger partial charge in [-0.15, -0.1) is 10.2 Å². The number of carbonyl (C=O) groups excluding carboxylic acids is 2. The van der Waals surface area contributed by atoms with E-state index in [1.54, 1.807) is 54.6 Å². The number of ketones is 1. The summed E-state index contributed by atoms with van der Waals surface area (Å²) >= 11 is 2.51. The van der Waals surface area contributed by atoms with Crippen LogP contribution in [0.3, 0.4) is 0 Å². The fourth-order valence-corrected chi connectivity index (χ4v) is 7.10. The summed E-state index contributed by atoms with van der Waals surface area (Å²) in [6.07, 6.45) is 0. The van der Waals surface area contributed by atoms with Gasteiger partial charge in [-0.05, 0) is 79.1 Å². The van der Waals surface area contributed by atoms with E-state index in [1.165, 1.54) is 28.8 Å². The molecular formula is C37H32FN3O6S2. The standard InChI is InChI=1S/C37H32FN3O6S2/c1-3-45-28-17-12-25(13-18-28)33(42)31-32(26-14-19-29(30(20-26)46-4-2)47-21-23-8-6-5-7-9-23)41(35(44)34(31)43)36-39-40-37(49-36)48-22-24-10-15-27(38)16-11-24/h5-20,32,42H,3-4,21-22H2,1-2H3. The molecule has 1 saturated heterocycles. The van der Waals surface area contributed by atoms with Crippen molar-refractivity contribution < 1.29 is 33.3 Å². The van der Waals surface area contributed by atoms with E-state index < -0.39 is 17.7 Å². The summed E-state index contributed by atoms with van der Waals surface area (Å²) in [5.74, 6) is -0.397. The summed E-state index contributed by atoms with van der Waals surface area (Å²) in [5.41, 5.74) is 2.59. The molecule has 6 rings (SSSR count). The minimum atomic E-state index is -1.06. The van der Waals surface area contributed by atoms with Crippen molar-refractivity contribution in [2.24, 2.45) is 0 Å². The predicted octanol–water partition coefficient (Wildman–Crippen LogP) is 7.97. The Kier molecular flexibility index (Phi) is 10.6. The Morgan fingerprint density at radius 1 is 0.857 bits per heavy atom. The van der Waals surface area contributed by atoms with Crippen molar-refractivity contribution >= 4 is 45.7 Å². The quantitative estimate of drug-likeness (QED) is 0.0431. The average molecular weight is 698 g/mol. The Hall–Kier alpha value is -5.20. The molecule has 1 N–H and O–H groups in total. The van der Waals surface area contributed by atoms with Crippen molar-refractivity contribution in [3.05, 3.63) is 131 Å². The lowest BCUT2D eigenvalue weighted by molar-refractivity contribution is -0.132. The van der Waals surface area contributed by atoms with Crippen molar-refractivity contribution in [1.29, 1.82) is 0 Å². The van der Waals surface area contributed by atoms with Gasteiger partial charge >= 0.3 is 5.91 Å². The molecule has 250 valence electrons. The lowest BCUT2D eigenvalue weighted by Crippen LogP contribution is -2.29. The second-order valence-corrected chi connectivity index (χ2v) is 13.0. The lowest BCUT2D eigenvalue weighted by Gasteiger charge is -2.23. The normalized spacial score (nSPS) is 15.4. The molecule has 0 spiro atoms. The number of hydrogen-bond donors (Lipinski definition) is 1. The number of thioether (sulfide) groups is 1. The number of ether oxygens (including phenoxy) is 3. The number of carbonyl (C=O) groups is 2. The molecule has 1 aliphatic rings. The van der Waals surface area contributed by atoms with Gasteiger partial charge in [0, 0.05) is 11.3 Å². The van der Waals surface area contributed by atoms with Gasteiger partial charge in [0.1, 0.15) is 23.9 Å². The van der Waals surface area contributed by atoms with Crippen LogP contribution in [0, 0.1) is 5.82 Å². The Balaban J connectivity index is 1.39. The molecule has 12 heteroatoms. The minimum Gasteiger partial charge on any atom is -0.507 e. The van der Waals surface area contributed by atoms with E-state index >= 15 is 0 Å². The van der Waals surface area contributed by atoms with E-state index in [9.17, 15) is 19.1 Å². The molecule has 49 heavy (non-hydrogen) atoms. The SMILES string of the molecule is CCOc1ccc(C(O)=C2C(=O)C(=O)N(c3nnc(SCc4ccc(F)cc4)s3)C2c2ccc(OCc3ccccc3)c(OCC)c2)cc1. The van der Waals surface area contributed by atoms with Crippen LogP contribution in [-0.2, 0) is 21.9 Å². The van der Waals surface area contributed by atoms with Gasteiger partial charge in [0.15, 0.2) is 15.8 Å². The molecule has 0 aliphatic carbocycles. The second kappa shape index (κ2) is 15.3. The fraction of sp³-hybridized carbons (Fsp3) is 0.189. The van der Waals surface area contributed by atoms with Crippen molar-refractivity contribution in [1.82, 2.24) is 10.2 Å². The maximum atomic E-state index is 13.8. The van der Waals surface area contributed by atoms with Crippen molar-refractivity contribution in [3.8, 4) is 17.2 Å². The fourth-order valence-electron chi connectivity index (χ4n) is 5.28. The topological polar surface area (TPSA) is 111 Å². The molecule has 0 saturated carbocycles. The molecule has 0 radical (unpaired) electrons. The highest BCUT2D eigenvalue weighted by atomic mass is 32.2. The van der Waals surface area contributed by atoms with Gasteiger partial charge in [0.05, 0.1) is 24.8 Å². The molecule has 1 amide bonds. The van der Waals surface area contributed by atoms with Crippen molar-refractivity contribution in [2.75, 3.05) is 18.1 Å². The molecule has 1 unspecified atom stereocenters. The van der Waals surface area contributed by atoms with Crippen LogP contribution in [0.4, 0.5) is 9.52 Å². The molecule has 1 aromatic heterocycles. The number of nitrogens with zero attached hydrogens (tertiary/aromatic N) is 3. The van der Waals surface area contributed by atoms with E-state index in [-0.39, 0.29) is 22.3 Å². The largest absolute Gasteiger partial charge is 0.507 e. The number of Topliss-reactive ketones (excluding diaryl/α,β-unsaturated/α-hetero) is 1. The Bertz CT molecular complexity index is 1970. The molecular weight excluding hydrogens is 666 g/mol. The summed E-state index contributed by atoms with van der Waals surface area (Å²) in [7, 11) is 0. The summed E-state index contributed by atoms with van der Waals surface area (Å²) in [6.45, 7) is 4.82. The zero-order valence-corrected chi connectivity index (χ0v) is 28.3. The van der Waals surface area contributed by atoms with Crippen LogP contribution in [0.25, 0.3) is 5.76 Å². The Labute approximate surface area is 291 Å². The zero-order chi connectivity index (χ0) is 34.3. The highest BCUT2D eigenvalue weighted by Gasteiger charge is 2.48. The van der Waals surface area contributed by atoms with Gasteiger partial charge in [0.25, 0.3) is 5.78 Å². The van der Waals surface area contributed by atoms with Crippen LogP contribution < -0.4 is 19.1 Å². The maximum Gasteiger partial charge on any atom is 0.301 e. The third kappa shape index (κ3) is 7.60. The van der Waals surface area contributed by atoms with Gasteiger partial charge in [0.2, 0.25) is 5.13 Å². The van der Waals surface area contributed by atoms with E-state index in [0.717, 1.165) is 22.5 Å². The van der Waals surface area contributed by atoms with Crippen LogP contribution in [-0.4, -0.2) is 40.2 Å². The van der Waals surface area contributed by atoms with Gasteiger partial charge in [-0.3, -0.25) is 14.5 Å². The van der Waals surface area contributed by atoms with Crippen LogP contribution in [0.1, 0.15) is 42.1 Å². The summed E-state index contributed by atoms with van der Waals surface area (Å²) in [5, 5.41) is 20.4. The summed E-state index contributed by atoms with van der Waals surface area (Å²) in [6, 6.07) is 26.6. The summed E-state index contributed by atoms with van der Waals surface area (Å²) in [4.78, 5) is 28.8. The number of benzene rings is 4. The molecule has 0 bridgehead atoms. The first-order valence-corrected chi connectivity index (χ1v) is 17.3. The maximum absolute atomic E-state index is 13.8.